The molecule has 0 bridgehead atoms. The van der Waals surface area contributed by atoms with Crippen LogP contribution in [0.1, 0.15) is 72.6 Å². The van der Waals surface area contributed by atoms with Crippen molar-refractivity contribution in [2.45, 2.75) is 84.2 Å². The van der Waals surface area contributed by atoms with Crippen molar-refractivity contribution in [1.82, 2.24) is 10.2 Å². The number of hydrogen-bond acceptors (Lipinski definition) is 2. The van der Waals surface area contributed by atoms with Crippen LogP contribution in [0, 0.1) is 0 Å². The van der Waals surface area contributed by atoms with E-state index in [0.29, 0.717) is 5.54 Å². The van der Waals surface area contributed by atoms with E-state index in [1.165, 1.54) is 64.6 Å². The van der Waals surface area contributed by atoms with Crippen molar-refractivity contribution >= 4 is 0 Å². The lowest BCUT2D eigenvalue weighted by Gasteiger charge is -2.46. The zero-order valence-corrected chi connectivity index (χ0v) is 13.1. The maximum absolute atomic E-state index is 3.75. The van der Waals surface area contributed by atoms with Gasteiger partial charge in [0.2, 0.25) is 0 Å². The molecule has 2 unspecified atom stereocenters. The average Bonchev–Trinajstić information content (AvgIpc) is 2.39. The smallest absolute Gasteiger partial charge is 0.0278 e. The second-order valence-corrected chi connectivity index (χ2v) is 6.24. The van der Waals surface area contributed by atoms with Gasteiger partial charge in [-0.2, -0.15) is 0 Å². The summed E-state index contributed by atoms with van der Waals surface area (Å²) in [6.07, 6.45) is 9.49. The predicted molar refractivity (Wildman–Crippen MR) is 81.1 cm³/mol. The average molecular weight is 254 g/mol. The Hall–Kier alpha value is -0.0800. The van der Waals surface area contributed by atoms with Gasteiger partial charge in [-0.05, 0) is 32.7 Å². The second kappa shape index (κ2) is 8.16. The van der Waals surface area contributed by atoms with Crippen LogP contribution in [0.15, 0.2) is 0 Å². The van der Waals surface area contributed by atoms with Gasteiger partial charge in [-0.15, -0.1) is 0 Å². The van der Waals surface area contributed by atoms with Crippen LogP contribution in [0.2, 0.25) is 0 Å². The molecule has 0 aromatic carbocycles. The molecule has 1 heterocycles. The molecule has 0 aromatic rings. The molecule has 2 atom stereocenters. The van der Waals surface area contributed by atoms with Crippen molar-refractivity contribution < 1.29 is 0 Å². The highest BCUT2D eigenvalue weighted by atomic mass is 15.2. The van der Waals surface area contributed by atoms with Gasteiger partial charge in [-0.25, -0.2) is 0 Å². The molecule has 18 heavy (non-hydrogen) atoms. The molecule has 1 aliphatic heterocycles. The molecule has 0 saturated carbocycles. The third kappa shape index (κ3) is 4.89. The minimum atomic E-state index is 0.342. The summed E-state index contributed by atoms with van der Waals surface area (Å²) in [5.74, 6) is 0. The Bertz CT molecular complexity index is 217. The van der Waals surface area contributed by atoms with Crippen molar-refractivity contribution in [3.8, 4) is 0 Å². The first-order valence-electron chi connectivity index (χ1n) is 8.14. The van der Waals surface area contributed by atoms with E-state index in [1.54, 1.807) is 0 Å². The lowest BCUT2D eigenvalue weighted by Crippen LogP contribution is -2.62. The van der Waals surface area contributed by atoms with Gasteiger partial charge in [0.25, 0.3) is 0 Å². The minimum absolute atomic E-state index is 0.342. The summed E-state index contributed by atoms with van der Waals surface area (Å²) in [5, 5.41) is 3.75. The van der Waals surface area contributed by atoms with Gasteiger partial charge in [0.15, 0.2) is 0 Å². The Kier molecular flexibility index (Phi) is 7.25. The first kappa shape index (κ1) is 16.0. The molecule has 2 heteroatoms. The number of hydrogen-bond donors (Lipinski definition) is 1. The third-order valence-corrected chi connectivity index (χ3v) is 4.63. The van der Waals surface area contributed by atoms with E-state index in [4.69, 9.17) is 0 Å². The predicted octanol–water partition coefficient (Wildman–Crippen LogP) is 3.81. The Balaban J connectivity index is 2.33. The van der Waals surface area contributed by atoms with Crippen LogP contribution in [-0.2, 0) is 0 Å². The highest BCUT2D eigenvalue weighted by Gasteiger charge is 2.33. The Labute approximate surface area is 115 Å². The summed E-state index contributed by atoms with van der Waals surface area (Å²) >= 11 is 0. The van der Waals surface area contributed by atoms with Gasteiger partial charge < -0.3 is 5.32 Å². The molecule has 0 aromatic heterocycles. The first-order chi connectivity index (χ1) is 8.65. The summed E-state index contributed by atoms with van der Waals surface area (Å²) in [7, 11) is 0. The Morgan fingerprint density at radius 2 is 1.83 bits per heavy atom. The number of unbranched alkanes of at least 4 members (excludes halogenated alkanes) is 4. The molecule has 1 rings (SSSR count). The van der Waals surface area contributed by atoms with Gasteiger partial charge in [0, 0.05) is 24.7 Å². The van der Waals surface area contributed by atoms with Crippen LogP contribution in [0.5, 0.6) is 0 Å². The van der Waals surface area contributed by atoms with Crippen molar-refractivity contribution in [3.05, 3.63) is 0 Å². The quantitative estimate of drug-likeness (QED) is 0.663. The van der Waals surface area contributed by atoms with E-state index in [0.717, 1.165) is 6.04 Å². The Morgan fingerprint density at radius 1 is 1.11 bits per heavy atom. The summed E-state index contributed by atoms with van der Waals surface area (Å²) in [4.78, 5) is 2.74. The molecule has 0 radical (unpaired) electrons. The normalized spacial score (nSPS) is 29.7. The lowest BCUT2D eigenvalue weighted by molar-refractivity contribution is 0.0804. The number of piperazine rings is 1. The van der Waals surface area contributed by atoms with E-state index in [2.05, 4.69) is 37.9 Å². The van der Waals surface area contributed by atoms with Gasteiger partial charge in [-0.1, -0.05) is 46.5 Å². The molecule has 0 spiro atoms. The molecule has 0 aliphatic carbocycles. The van der Waals surface area contributed by atoms with Gasteiger partial charge >= 0.3 is 0 Å². The fourth-order valence-electron chi connectivity index (χ4n) is 2.95. The third-order valence-electron chi connectivity index (χ3n) is 4.63. The molecular weight excluding hydrogens is 220 g/mol. The molecular formula is C16H34N2. The zero-order valence-electron chi connectivity index (χ0n) is 13.1. The Morgan fingerprint density at radius 3 is 2.44 bits per heavy atom. The standard InChI is InChI=1S/C16H34N2/c1-5-8-9-10-11-12-18-14-16(4,7-3)17-13-15(18)6-2/h15,17H,5-14H2,1-4H3. The van der Waals surface area contributed by atoms with Gasteiger partial charge in [-0.3, -0.25) is 4.90 Å². The van der Waals surface area contributed by atoms with Gasteiger partial charge in [0.1, 0.15) is 0 Å². The fraction of sp³-hybridized carbons (Fsp3) is 1.00. The molecule has 1 aliphatic rings. The van der Waals surface area contributed by atoms with Crippen LogP contribution in [-0.4, -0.2) is 36.1 Å². The van der Waals surface area contributed by atoms with Crippen LogP contribution < -0.4 is 5.32 Å². The van der Waals surface area contributed by atoms with Crippen LogP contribution >= 0.6 is 0 Å². The second-order valence-electron chi connectivity index (χ2n) is 6.24. The largest absolute Gasteiger partial charge is 0.309 e. The summed E-state index contributed by atoms with van der Waals surface area (Å²) in [6.45, 7) is 13.0. The SMILES string of the molecule is CCCCCCCN1CC(C)(CC)NCC1CC. The fourth-order valence-corrected chi connectivity index (χ4v) is 2.95. The van der Waals surface area contributed by atoms with Crippen molar-refractivity contribution in [2.24, 2.45) is 0 Å². The summed E-state index contributed by atoms with van der Waals surface area (Å²) < 4.78 is 0. The molecule has 1 fully saturated rings. The van der Waals surface area contributed by atoms with Crippen molar-refractivity contribution in [3.63, 3.8) is 0 Å². The minimum Gasteiger partial charge on any atom is -0.309 e. The molecule has 1 N–H and O–H groups in total. The van der Waals surface area contributed by atoms with Crippen molar-refractivity contribution in [2.75, 3.05) is 19.6 Å². The number of rotatable bonds is 8. The van der Waals surface area contributed by atoms with Gasteiger partial charge in [0.05, 0.1) is 0 Å². The molecule has 1 saturated heterocycles. The zero-order chi connectivity index (χ0) is 13.4. The van der Waals surface area contributed by atoms with Crippen LogP contribution in [0.25, 0.3) is 0 Å². The molecule has 2 nitrogen and oxygen atoms in total. The maximum atomic E-state index is 3.75. The lowest BCUT2D eigenvalue weighted by atomic mass is 9.92. The van der Waals surface area contributed by atoms with E-state index in [9.17, 15) is 0 Å². The number of nitrogens with zero attached hydrogens (tertiary/aromatic N) is 1. The van der Waals surface area contributed by atoms with E-state index >= 15 is 0 Å². The number of nitrogens with one attached hydrogen (secondary N) is 1. The van der Waals surface area contributed by atoms with E-state index < -0.39 is 0 Å². The summed E-state index contributed by atoms with van der Waals surface area (Å²) in [6, 6.07) is 0.760. The highest BCUT2D eigenvalue weighted by Crippen LogP contribution is 2.21. The molecule has 0 amide bonds. The van der Waals surface area contributed by atoms with Crippen LogP contribution in [0.4, 0.5) is 0 Å². The van der Waals surface area contributed by atoms with E-state index in [-0.39, 0.29) is 0 Å². The van der Waals surface area contributed by atoms with Crippen molar-refractivity contribution in [1.29, 1.82) is 0 Å². The highest BCUT2D eigenvalue weighted by molar-refractivity contribution is 4.93. The molecule has 108 valence electrons. The van der Waals surface area contributed by atoms with E-state index in [1.807, 2.05) is 0 Å². The maximum Gasteiger partial charge on any atom is 0.0278 e. The summed E-state index contributed by atoms with van der Waals surface area (Å²) in [5.41, 5.74) is 0.342. The van der Waals surface area contributed by atoms with Crippen LogP contribution in [0.3, 0.4) is 0 Å². The topological polar surface area (TPSA) is 15.3 Å². The first-order valence-corrected chi connectivity index (χ1v) is 8.14. The monoisotopic (exact) mass is 254 g/mol.